The van der Waals surface area contributed by atoms with E-state index in [2.05, 4.69) is 10.6 Å². The van der Waals surface area contributed by atoms with E-state index in [0.29, 0.717) is 17.0 Å². The summed E-state index contributed by atoms with van der Waals surface area (Å²) in [6.45, 7) is 3.78. The van der Waals surface area contributed by atoms with Crippen LogP contribution in [-0.2, 0) is 4.79 Å². The average Bonchev–Trinajstić information content (AvgIpc) is 2.60. The van der Waals surface area contributed by atoms with Crippen LogP contribution in [0.5, 0.6) is 5.75 Å². The molecule has 2 aromatic carbocycles. The van der Waals surface area contributed by atoms with E-state index >= 15 is 0 Å². The van der Waals surface area contributed by atoms with Crippen molar-refractivity contribution < 1.29 is 14.3 Å². The van der Waals surface area contributed by atoms with E-state index in [-0.39, 0.29) is 17.7 Å². The average molecular weight is 326 g/mol. The summed E-state index contributed by atoms with van der Waals surface area (Å²) < 4.78 is 5.08. The van der Waals surface area contributed by atoms with Gasteiger partial charge in [0.2, 0.25) is 5.91 Å². The number of hydrogen-bond acceptors (Lipinski definition) is 3. The lowest BCUT2D eigenvalue weighted by Gasteiger charge is -2.21. The predicted molar refractivity (Wildman–Crippen MR) is 94.2 cm³/mol. The van der Waals surface area contributed by atoms with Crippen molar-refractivity contribution in [2.24, 2.45) is 5.92 Å². The molecule has 0 aromatic heterocycles. The van der Waals surface area contributed by atoms with E-state index in [1.165, 1.54) is 0 Å². The van der Waals surface area contributed by atoms with Gasteiger partial charge in [-0.05, 0) is 42.3 Å². The van der Waals surface area contributed by atoms with Crippen LogP contribution in [0.15, 0.2) is 54.6 Å². The maximum atomic E-state index is 12.5. The maximum absolute atomic E-state index is 12.5. The molecule has 24 heavy (non-hydrogen) atoms. The molecule has 1 atom stereocenters. The van der Waals surface area contributed by atoms with Crippen molar-refractivity contribution in [3.63, 3.8) is 0 Å². The second-order valence-corrected chi connectivity index (χ2v) is 5.78. The van der Waals surface area contributed by atoms with E-state index in [1.807, 2.05) is 32.0 Å². The summed E-state index contributed by atoms with van der Waals surface area (Å²) in [5, 5.41) is 5.62. The molecule has 0 bridgehead atoms. The lowest BCUT2D eigenvalue weighted by molar-refractivity contribution is -0.118. The molecule has 2 amide bonds. The van der Waals surface area contributed by atoms with E-state index in [4.69, 9.17) is 4.74 Å². The minimum absolute atomic E-state index is 0.0455. The first-order valence-corrected chi connectivity index (χ1v) is 7.82. The van der Waals surface area contributed by atoms with Gasteiger partial charge in [0.1, 0.15) is 11.8 Å². The van der Waals surface area contributed by atoms with Gasteiger partial charge in [0.05, 0.1) is 7.11 Å². The van der Waals surface area contributed by atoms with Crippen LogP contribution in [0.25, 0.3) is 0 Å². The Morgan fingerprint density at radius 3 is 2.12 bits per heavy atom. The van der Waals surface area contributed by atoms with Crippen molar-refractivity contribution in [3.05, 3.63) is 60.2 Å². The Labute approximate surface area is 142 Å². The molecule has 0 aliphatic rings. The first-order valence-electron chi connectivity index (χ1n) is 7.82. The van der Waals surface area contributed by atoms with Crippen LogP contribution in [0.2, 0.25) is 0 Å². The summed E-state index contributed by atoms with van der Waals surface area (Å²) in [6, 6.07) is 15.3. The van der Waals surface area contributed by atoms with Crippen molar-refractivity contribution in [1.29, 1.82) is 0 Å². The van der Waals surface area contributed by atoms with Gasteiger partial charge in [0.15, 0.2) is 0 Å². The molecule has 0 aliphatic carbocycles. The summed E-state index contributed by atoms with van der Waals surface area (Å²) in [4.78, 5) is 24.9. The van der Waals surface area contributed by atoms with E-state index in [0.717, 1.165) is 0 Å². The number of carbonyl (C=O) groups excluding carboxylic acids is 2. The van der Waals surface area contributed by atoms with Crippen LogP contribution in [0.3, 0.4) is 0 Å². The van der Waals surface area contributed by atoms with Gasteiger partial charge in [0, 0.05) is 11.3 Å². The number of rotatable bonds is 6. The number of hydrogen-bond donors (Lipinski definition) is 2. The first kappa shape index (κ1) is 17.5. The third-order valence-corrected chi connectivity index (χ3v) is 3.63. The highest BCUT2D eigenvalue weighted by molar-refractivity contribution is 6.01. The molecule has 2 N–H and O–H groups in total. The van der Waals surface area contributed by atoms with Crippen LogP contribution in [-0.4, -0.2) is 25.0 Å². The number of ether oxygens (including phenoxy) is 1. The molecule has 0 radical (unpaired) electrons. The maximum Gasteiger partial charge on any atom is 0.251 e. The molecule has 126 valence electrons. The van der Waals surface area contributed by atoms with E-state index < -0.39 is 6.04 Å². The summed E-state index contributed by atoms with van der Waals surface area (Å²) in [5.74, 6) is 0.0994. The zero-order chi connectivity index (χ0) is 17.5. The third-order valence-electron chi connectivity index (χ3n) is 3.63. The van der Waals surface area contributed by atoms with Gasteiger partial charge in [-0.2, -0.15) is 0 Å². The van der Waals surface area contributed by atoms with Crippen molar-refractivity contribution in [2.45, 2.75) is 19.9 Å². The molecule has 2 rings (SSSR count). The zero-order valence-corrected chi connectivity index (χ0v) is 14.1. The van der Waals surface area contributed by atoms with Gasteiger partial charge in [-0.1, -0.05) is 32.0 Å². The Morgan fingerprint density at radius 2 is 1.58 bits per heavy atom. The number of amides is 2. The number of benzene rings is 2. The van der Waals surface area contributed by atoms with E-state index in [1.54, 1.807) is 43.5 Å². The Morgan fingerprint density at radius 1 is 0.958 bits per heavy atom. The number of nitrogens with one attached hydrogen (secondary N) is 2. The minimum Gasteiger partial charge on any atom is -0.497 e. The van der Waals surface area contributed by atoms with Crippen molar-refractivity contribution >= 4 is 17.5 Å². The molecule has 0 aliphatic heterocycles. The lowest BCUT2D eigenvalue weighted by Crippen LogP contribution is -2.47. The van der Waals surface area contributed by atoms with Gasteiger partial charge < -0.3 is 15.4 Å². The van der Waals surface area contributed by atoms with Crippen LogP contribution >= 0.6 is 0 Å². The summed E-state index contributed by atoms with van der Waals surface area (Å²) in [6.07, 6.45) is 0. The van der Waals surface area contributed by atoms with Gasteiger partial charge in [0.25, 0.3) is 5.91 Å². The van der Waals surface area contributed by atoms with Gasteiger partial charge in [-0.25, -0.2) is 0 Å². The summed E-state index contributed by atoms with van der Waals surface area (Å²) in [5.41, 5.74) is 1.18. The fraction of sp³-hybridized carbons (Fsp3) is 0.263. The Balaban J connectivity index is 2.06. The molecule has 5 heteroatoms. The summed E-state index contributed by atoms with van der Waals surface area (Å²) in [7, 11) is 1.57. The highest BCUT2D eigenvalue weighted by atomic mass is 16.5. The molecule has 2 aromatic rings. The highest BCUT2D eigenvalue weighted by Gasteiger charge is 2.24. The second-order valence-electron chi connectivity index (χ2n) is 5.78. The molecule has 0 heterocycles. The van der Waals surface area contributed by atoms with E-state index in [9.17, 15) is 9.59 Å². The molecule has 0 spiro atoms. The highest BCUT2D eigenvalue weighted by Crippen LogP contribution is 2.13. The monoisotopic (exact) mass is 326 g/mol. The van der Waals surface area contributed by atoms with Crippen molar-refractivity contribution in [3.8, 4) is 5.75 Å². The minimum atomic E-state index is -0.625. The number of carbonyl (C=O) groups is 2. The smallest absolute Gasteiger partial charge is 0.251 e. The van der Waals surface area contributed by atoms with Crippen LogP contribution < -0.4 is 15.4 Å². The molecule has 5 nitrogen and oxygen atoms in total. The van der Waals surface area contributed by atoms with Crippen LogP contribution in [0.4, 0.5) is 5.69 Å². The van der Waals surface area contributed by atoms with Crippen LogP contribution in [0, 0.1) is 5.92 Å². The fourth-order valence-electron chi connectivity index (χ4n) is 2.24. The van der Waals surface area contributed by atoms with Gasteiger partial charge in [-0.3, -0.25) is 9.59 Å². The van der Waals surface area contributed by atoms with Crippen LogP contribution in [0.1, 0.15) is 24.2 Å². The molecule has 0 fully saturated rings. The molecule has 0 saturated carbocycles. The first-order chi connectivity index (χ1) is 11.5. The topological polar surface area (TPSA) is 67.4 Å². The SMILES string of the molecule is COc1ccc(C(=O)N[C@@H](C(=O)Nc2ccccc2)C(C)C)cc1. The molecule has 0 saturated heterocycles. The fourth-order valence-corrected chi connectivity index (χ4v) is 2.24. The second kappa shape index (κ2) is 8.15. The normalized spacial score (nSPS) is 11.7. The molecular weight excluding hydrogens is 304 g/mol. The largest absolute Gasteiger partial charge is 0.497 e. The van der Waals surface area contributed by atoms with Gasteiger partial charge in [-0.15, -0.1) is 0 Å². The Hall–Kier alpha value is -2.82. The molecule has 0 unspecified atom stereocenters. The third kappa shape index (κ3) is 4.59. The van der Waals surface area contributed by atoms with Crippen molar-refractivity contribution in [2.75, 3.05) is 12.4 Å². The lowest BCUT2D eigenvalue weighted by atomic mass is 10.0. The standard InChI is InChI=1S/C19H22N2O3/c1-13(2)17(19(23)20-15-7-5-4-6-8-15)21-18(22)14-9-11-16(24-3)12-10-14/h4-13,17H,1-3H3,(H,20,23)(H,21,22)/t17-/m1/s1. The Bertz CT molecular complexity index is 682. The van der Waals surface area contributed by atoms with Gasteiger partial charge >= 0.3 is 0 Å². The number of methoxy groups -OCH3 is 1. The molecular formula is C19H22N2O3. The quantitative estimate of drug-likeness (QED) is 0.857. The number of anilines is 1. The predicted octanol–water partition coefficient (Wildman–Crippen LogP) is 3.09. The zero-order valence-electron chi connectivity index (χ0n) is 14.1. The van der Waals surface area contributed by atoms with Crippen molar-refractivity contribution in [1.82, 2.24) is 5.32 Å². The number of para-hydroxylation sites is 1. The Kier molecular flexibility index (Phi) is 5.95. The summed E-state index contributed by atoms with van der Waals surface area (Å²) >= 11 is 0.